The number of rotatable bonds is 0. The molecule has 0 amide bonds. The van der Waals surface area contributed by atoms with Crippen LogP contribution in [-0.4, -0.2) is 9.67 Å². The number of aromatic nitrogens is 1. The Morgan fingerprint density at radius 2 is 2.21 bits per heavy atom. The Balaban J connectivity index is 2.51. The van der Waals surface area contributed by atoms with Crippen LogP contribution in [0.2, 0.25) is 0 Å². The maximum atomic E-state index is 9.77. The van der Waals surface area contributed by atoms with E-state index in [1.165, 1.54) is 16.6 Å². The van der Waals surface area contributed by atoms with Gasteiger partial charge >= 0.3 is 0 Å². The van der Waals surface area contributed by atoms with Gasteiger partial charge in [0.1, 0.15) is 5.75 Å². The molecule has 2 N–H and O–H groups in total. The molecule has 1 aromatic heterocycles. The van der Waals surface area contributed by atoms with E-state index in [0.717, 1.165) is 18.6 Å². The lowest BCUT2D eigenvalue weighted by Gasteiger charge is -2.02. The van der Waals surface area contributed by atoms with Crippen LogP contribution in [0.5, 0.6) is 5.75 Å². The number of phenolic OH excluding ortho intramolecular Hbond substituents is 1. The van der Waals surface area contributed by atoms with Crippen LogP contribution in [0.3, 0.4) is 0 Å². The molecular formula is C11H12N2O. The number of hydrogen-bond acceptors (Lipinski definition) is 2. The highest BCUT2D eigenvalue weighted by molar-refractivity contribution is 5.90. The summed E-state index contributed by atoms with van der Waals surface area (Å²) in [5.41, 5.74) is 3.58. The monoisotopic (exact) mass is 188 g/mol. The molecule has 0 saturated carbocycles. The van der Waals surface area contributed by atoms with E-state index in [0.29, 0.717) is 5.75 Å². The van der Waals surface area contributed by atoms with Crippen LogP contribution in [0.1, 0.15) is 11.3 Å². The number of aryl methyl sites for hydroxylation is 1. The van der Waals surface area contributed by atoms with Crippen molar-refractivity contribution in [3.8, 4) is 5.75 Å². The minimum atomic E-state index is 0.374. The molecule has 0 fully saturated rings. The van der Waals surface area contributed by atoms with E-state index < -0.39 is 0 Å². The molecule has 1 aromatic carbocycles. The van der Waals surface area contributed by atoms with E-state index in [1.807, 2.05) is 13.1 Å². The summed E-state index contributed by atoms with van der Waals surface area (Å²) in [6, 6.07) is 5.71. The van der Waals surface area contributed by atoms with Gasteiger partial charge in [0.05, 0.1) is 5.52 Å². The van der Waals surface area contributed by atoms with Crippen LogP contribution in [0.15, 0.2) is 18.2 Å². The Hall–Kier alpha value is -1.48. The maximum Gasteiger partial charge on any atom is 0.139 e. The van der Waals surface area contributed by atoms with Crippen molar-refractivity contribution < 1.29 is 5.11 Å². The zero-order chi connectivity index (χ0) is 9.71. The molecule has 2 heterocycles. The number of phenols is 1. The third kappa shape index (κ3) is 0.800. The second-order valence-electron chi connectivity index (χ2n) is 3.76. The van der Waals surface area contributed by atoms with E-state index in [-0.39, 0.29) is 0 Å². The summed E-state index contributed by atoms with van der Waals surface area (Å²) in [4.78, 5) is 0. The Morgan fingerprint density at radius 1 is 1.36 bits per heavy atom. The quantitative estimate of drug-likeness (QED) is 0.657. The fourth-order valence-corrected chi connectivity index (χ4v) is 2.35. The second kappa shape index (κ2) is 2.51. The molecule has 14 heavy (non-hydrogen) atoms. The molecule has 3 heteroatoms. The fourth-order valence-electron chi connectivity index (χ4n) is 2.35. The molecule has 2 aromatic rings. The van der Waals surface area contributed by atoms with Gasteiger partial charge < -0.3 is 15.0 Å². The lowest BCUT2D eigenvalue weighted by atomic mass is 10.1. The summed E-state index contributed by atoms with van der Waals surface area (Å²) in [6.07, 6.45) is 0. The van der Waals surface area contributed by atoms with Gasteiger partial charge in [0.25, 0.3) is 0 Å². The van der Waals surface area contributed by atoms with Gasteiger partial charge in [0.2, 0.25) is 0 Å². The van der Waals surface area contributed by atoms with Crippen LogP contribution < -0.4 is 5.32 Å². The smallest absolute Gasteiger partial charge is 0.139 e. The predicted molar refractivity (Wildman–Crippen MR) is 55.1 cm³/mol. The Kier molecular flexibility index (Phi) is 1.42. The molecule has 0 radical (unpaired) electrons. The largest absolute Gasteiger partial charge is 0.506 e. The minimum absolute atomic E-state index is 0.374. The zero-order valence-corrected chi connectivity index (χ0v) is 8.04. The fraction of sp³-hybridized carbons (Fsp3) is 0.273. The van der Waals surface area contributed by atoms with E-state index >= 15 is 0 Å². The molecule has 1 aliphatic heterocycles. The average molecular weight is 188 g/mol. The van der Waals surface area contributed by atoms with Crippen LogP contribution in [0.25, 0.3) is 10.9 Å². The van der Waals surface area contributed by atoms with Gasteiger partial charge in [-0.25, -0.2) is 0 Å². The Labute approximate surface area is 82.0 Å². The van der Waals surface area contributed by atoms with Gasteiger partial charge in [-0.2, -0.15) is 0 Å². The van der Waals surface area contributed by atoms with E-state index in [9.17, 15) is 5.11 Å². The summed E-state index contributed by atoms with van der Waals surface area (Å²) in [7, 11) is 2.01. The number of fused-ring (bicyclic) bond motifs is 3. The topological polar surface area (TPSA) is 37.2 Å². The SMILES string of the molecule is Cn1c2c(c3cccc(O)c31)CNC2. The summed E-state index contributed by atoms with van der Waals surface area (Å²) in [6.45, 7) is 1.82. The van der Waals surface area contributed by atoms with Crippen molar-refractivity contribution in [2.45, 2.75) is 13.1 Å². The molecule has 3 nitrogen and oxygen atoms in total. The first-order chi connectivity index (χ1) is 6.79. The first kappa shape index (κ1) is 7.88. The normalized spacial score (nSPS) is 14.9. The summed E-state index contributed by atoms with van der Waals surface area (Å²) in [5.74, 6) is 0.374. The summed E-state index contributed by atoms with van der Waals surface area (Å²) in [5, 5.41) is 14.3. The number of aromatic hydroxyl groups is 1. The highest BCUT2D eigenvalue weighted by Crippen LogP contribution is 2.33. The van der Waals surface area contributed by atoms with Crippen molar-refractivity contribution in [2.75, 3.05) is 0 Å². The van der Waals surface area contributed by atoms with Crippen molar-refractivity contribution in [1.29, 1.82) is 0 Å². The second-order valence-corrected chi connectivity index (χ2v) is 3.76. The first-order valence-electron chi connectivity index (χ1n) is 4.78. The Morgan fingerprint density at radius 3 is 3.07 bits per heavy atom. The van der Waals surface area contributed by atoms with Crippen LogP contribution in [0.4, 0.5) is 0 Å². The van der Waals surface area contributed by atoms with E-state index in [2.05, 4.69) is 16.0 Å². The van der Waals surface area contributed by atoms with Gasteiger partial charge in [-0.15, -0.1) is 0 Å². The van der Waals surface area contributed by atoms with Crippen LogP contribution in [-0.2, 0) is 20.1 Å². The number of benzene rings is 1. The maximum absolute atomic E-state index is 9.77. The molecule has 0 spiro atoms. The van der Waals surface area contributed by atoms with Gasteiger partial charge in [0.15, 0.2) is 0 Å². The van der Waals surface area contributed by atoms with Crippen molar-refractivity contribution in [3.05, 3.63) is 29.5 Å². The molecule has 0 atom stereocenters. The molecule has 3 rings (SSSR count). The highest BCUT2D eigenvalue weighted by Gasteiger charge is 2.20. The van der Waals surface area contributed by atoms with E-state index in [4.69, 9.17) is 0 Å². The third-order valence-electron chi connectivity index (χ3n) is 3.02. The van der Waals surface area contributed by atoms with Crippen molar-refractivity contribution in [1.82, 2.24) is 9.88 Å². The first-order valence-corrected chi connectivity index (χ1v) is 4.78. The molecule has 0 bridgehead atoms. The molecule has 1 aliphatic rings. The van der Waals surface area contributed by atoms with Gasteiger partial charge in [-0.05, 0) is 11.6 Å². The third-order valence-corrected chi connectivity index (χ3v) is 3.02. The molecule has 0 saturated heterocycles. The molecular weight excluding hydrogens is 176 g/mol. The highest BCUT2D eigenvalue weighted by atomic mass is 16.3. The number of nitrogens with one attached hydrogen (secondary N) is 1. The van der Waals surface area contributed by atoms with Crippen molar-refractivity contribution >= 4 is 10.9 Å². The van der Waals surface area contributed by atoms with Crippen molar-refractivity contribution in [3.63, 3.8) is 0 Å². The Bertz CT molecular complexity index is 513. The van der Waals surface area contributed by atoms with Crippen LogP contribution in [0, 0.1) is 0 Å². The molecule has 0 unspecified atom stereocenters. The number of para-hydroxylation sites is 1. The number of nitrogens with zero attached hydrogens (tertiary/aromatic N) is 1. The lowest BCUT2D eigenvalue weighted by molar-refractivity contribution is 0.478. The zero-order valence-electron chi connectivity index (χ0n) is 8.04. The van der Waals surface area contributed by atoms with Gasteiger partial charge in [0, 0.05) is 31.2 Å². The average Bonchev–Trinajstić information content (AvgIpc) is 2.71. The lowest BCUT2D eigenvalue weighted by Crippen LogP contribution is -2.04. The number of hydrogen-bond donors (Lipinski definition) is 2. The minimum Gasteiger partial charge on any atom is -0.506 e. The molecule has 0 aliphatic carbocycles. The predicted octanol–water partition coefficient (Wildman–Crippen LogP) is 1.49. The summed E-state index contributed by atoms with van der Waals surface area (Å²) < 4.78 is 2.08. The summed E-state index contributed by atoms with van der Waals surface area (Å²) >= 11 is 0. The van der Waals surface area contributed by atoms with E-state index in [1.54, 1.807) is 6.07 Å². The van der Waals surface area contributed by atoms with Crippen molar-refractivity contribution in [2.24, 2.45) is 7.05 Å². The van der Waals surface area contributed by atoms with Crippen LogP contribution >= 0.6 is 0 Å². The van der Waals surface area contributed by atoms with Gasteiger partial charge in [-0.1, -0.05) is 12.1 Å². The molecule has 72 valence electrons. The van der Waals surface area contributed by atoms with Gasteiger partial charge in [-0.3, -0.25) is 0 Å². The standard InChI is InChI=1S/C11H12N2O/c1-13-9-6-12-5-8(9)7-3-2-4-10(14)11(7)13/h2-4,12,14H,5-6H2,1H3.